The SMILES string of the molecule is COc1cccnc1NCC(C)CO. The van der Waals surface area contributed by atoms with Crippen molar-refractivity contribution in [3.05, 3.63) is 18.3 Å². The molecule has 4 heteroatoms. The van der Waals surface area contributed by atoms with Crippen molar-refractivity contribution in [1.29, 1.82) is 0 Å². The Morgan fingerprint density at radius 1 is 1.64 bits per heavy atom. The zero-order valence-corrected chi connectivity index (χ0v) is 8.53. The summed E-state index contributed by atoms with van der Waals surface area (Å²) in [6.45, 7) is 2.81. The molecule has 1 aromatic heterocycles. The van der Waals surface area contributed by atoms with Crippen LogP contribution in [0.3, 0.4) is 0 Å². The third kappa shape index (κ3) is 2.88. The molecule has 0 radical (unpaired) electrons. The van der Waals surface area contributed by atoms with E-state index in [1.165, 1.54) is 0 Å². The van der Waals surface area contributed by atoms with Gasteiger partial charge < -0.3 is 15.2 Å². The maximum absolute atomic E-state index is 8.85. The summed E-state index contributed by atoms with van der Waals surface area (Å²) in [5.41, 5.74) is 0. The van der Waals surface area contributed by atoms with Crippen LogP contribution in [0.2, 0.25) is 0 Å². The standard InChI is InChI=1S/C10H16N2O2/c1-8(7-13)6-12-10-9(14-2)4-3-5-11-10/h3-5,8,13H,6-7H2,1-2H3,(H,11,12). The van der Waals surface area contributed by atoms with Gasteiger partial charge in [0.1, 0.15) is 0 Å². The Morgan fingerprint density at radius 3 is 3.07 bits per heavy atom. The highest BCUT2D eigenvalue weighted by molar-refractivity contribution is 5.49. The van der Waals surface area contributed by atoms with E-state index in [4.69, 9.17) is 9.84 Å². The highest BCUT2D eigenvalue weighted by Crippen LogP contribution is 2.19. The van der Waals surface area contributed by atoms with Crippen LogP contribution in [-0.4, -0.2) is 30.4 Å². The number of hydrogen-bond acceptors (Lipinski definition) is 4. The molecule has 0 bridgehead atoms. The summed E-state index contributed by atoms with van der Waals surface area (Å²) in [5, 5.41) is 12.0. The second-order valence-corrected chi connectivity index (χ2v) is 3.22. The molecule has 1 atom stereocenters. The van der Waals surface area contributed by atoms with Crippen LogP contribution >= 0.6 is 0 Å². The van der Waals surface area contributed by atoms with Gasteiger partial charge in [0.15, 0.2) is 11.6 Å². The first-order valence-corrected chi connectivity index (χ1v) is 4.61. The number of aromatic nitrogens is 1. The summed E-state index contributed by atoms with van der Waals surface area (Å²) >= 11 is 0. The fourth-order valence-electron chi connectivity index (χ4n) is 1.02. The molecule has 0 aliphatic carbocycles. The van der Waals surface area contributed by atoms with Crippen molar-refractivity contribution in [2.45, 2.75) is 6.92 Å². The summed E-state index contributed by atoms with van der Waals surface area (Å²) in [4.78, 5) is 4.14. The van der Waals surface area contributed by atoms with Gasteiger partial charge in [-0.15, -0.1) is 0 Å². The quantitative estimate of drug-likeness (QED) is 0.741. The molecule has 0 saturated carbocycles. The zero-order chi connectivity index (χ0) is 10.4. The van der Waals surface area contributed by atoms with Gasteiger partial charge in [0.25, 0.3) is 0 Å². The number of hydrogen-bond donors (Lipinski definition) is 2. The van der Waals surface area contributed by atoms with Crippen LogP contribution in [0.1, 0.15) is 6.92 Å². The van der Waals surface area contributed by atoms with Crippen LogP contribution in [0.15, 0.2) is 18.3 Å². The van der Waals surface area contributed by atoms with Gasteiger partial charge in [0.05, 0.1) is 7.11 Å². The van der Waals surface area contributed by atoms with Gasteiger partial charge in [-0.2, -0.15) is 0 Å². The Morgan fingerprint density at radius 2 is 2.43 bits per heavy atom. The van der Waals surface area contributed by atoms with Gasteiger partial charge >= 0.3 is 0 Å². The van der Waals surface area contributed by atoms with E-state index in [-0.39, 0.29) is 12.5 Å². The molecule has 0 fully saturated rings. The minimum absolute atomic E-state index is 0.169. The molecule has 1 rings (SSSR count). The van der Waals surface area contributed by atoms with Crippen LogP contribution in [0.5, 0.6) is 5.75 Å². The van der Waals surface area contributed by atoms with Crippen LogP contribution in [0, 0.1) is 5.92 Å². The predicted molar refractivity (Wildman–Crippen MR) is 55.5 cm³/mol. The van der Waals surface area contributed by atoms with E-state index in [9.17, 15) is 0 Å². The molecule has 0 aliphatic heterocycles. The van der Waals surface area contributed by atoms with Crippen LogP contribution < -0.4 is 10.1 Å². The number of aliphatic hydroxyl groups is 1. The molecular formula is C10H16N2O2. The van der Waals surface area contributed by atoms with Crippen molar-refractivity contribution in [2.75, 3.05) is 25.6 Å². The highest BCUT2D eigenvalue weighted by atomic mass is 16.5. The predicted octanol–water partition coefficient (Wildman–Crippen LogP) is 1.13. The summed E-state index contributed by atoms with van der Waals surface area (Å²) in [7, 11) is 1.61. The van der Waals surface area contributed by atoms with E-state index in [1.807, 2.05) is 19.1 Å². The molecular weight excluding hydrogens is 180 g/mol. The molecule has 0 aromatic carbocycles. The number of rotatable bonds is 5. The molecule has 2 N–H and O–H groups in total. The Labute approximate surface area is 83.9 Å². The third-order valence-corrected chi connectivity index (χ3v) is 1.92. The smallest absolute Gasteiger partial charge is 0.168 e. The van der Waals surface area contributed by atoms with Crippen molar-refractivity contribution in [1.82, 2.24) is 4.98 Å². The Kier molecular flexibility index (Phi) is 4.19. The Bertz CT molecular complexity index is 279. The lowest BCUT2D eigenvalue weighted by Crippen LogP contribution is -2.15. The largest absolute Gasteiger partial charge is 0.493 e. The molecule has 0 aliphatic rings. The normalized spacial score (nSPS) is 12.2. The number of nitrogens with one attached hydrogen (secondary N) is 1. The molecule has 1 heterocycles. The monoisotopic (exact) mass is 196 g/mol. The second-order valence-electron chi connectivity index (χ2n) is 3.22. The minimum Gasteiger partial charge on any atom is -0.493 e. The van der Waals surface area contributed by atoms with Crippen molar-refractivity contribution in [2.24, 2.45) is 5.92 Å². The van der Waals surface area contributed by atoms with E-state index in [0.29, 0.717) is 6.54 Å². The number of anilines is 1. The van der Waals surface area contributed by atoms with Crippen molar-refractivity contribution >= 4 is 5.82 Å². The van der Waals surface area contributed by atoms with E-state index in [0.717, 1.165) is 11.6 Å². The first-order valence-electron chi connectivity index (χ1n) is 4.61. The van der Waals surface area contributed by atoms with Gasteiger partial charge in [0.2, 0.25) is 0 Å². The van der Waals surface area contributed by atoms with E-state index in [1.54, 1.807) is 13.3 Å². The van der Waals surface area contributed by atoms with E-state index < -0.39 is 0 Å². The maximum Gasteiger partial charge on any atom is 0.168 e. The van der Waals surface area contributed by atoms with Gasteiger partial charge in [0, 0.05) is 19.3 Å². The van der Waals surface area contributed by atoms with Crippen LogP contribution in [0.4, 0.5) is 5.82 Å². The van der Waals surface area contributed by atoms with Gasteiger partial charge in [-0.25, -0.2) is 4.98 Å². The second kappa shape index (κ2) is 5.44. The summed E-state index contributed by atoms with van der Waals surface area (Å²) in [6, 6.07) is 3.67. The molecule has 14 heavy (non-hydrogen) atoms. The van der Waals surface area contributed by atoms with Crippen molar-refractivity contribution < 1.29 is 9.84 Å². The molecule has 4 nitrogen and oxygen atoms in total. The number of nitrogens with zero attached hydrogens (tertiary/aromatic N) is 1. The lowest BCUT2D eigenvalue weighted by Gasteiger charge is -2.12. The van der Waals surface area contributed by atoms with Crippen molar-refractivity contribution in [3.63, 3.8) is 0 Å². The average Bonchev–Trinajstić information content (AvgIpc) is 2.26. The van der Waals surface area contributed by atoms with Gasteiger partial charge in [-0.3, -0.25) is 0 Å². The maximum atomic E-state index is 8.85. The first-order chi connectivity index (χ1) is 6.77. The number of aliphatic hydroxyl groups excluding tert-OH is 1. The first kappa shape index (κ1) is 10.8. The van der Waals surface area contributed by atoms with E-state index >= 15 is 0 Å². The summed E-state index contributed by atoms with van der Waals surface area (Å²) in [6.07, 6.45) is 1.70. The van der Waals surface area contributed by atoms with Gasteiger partial charge in [-0.1, -0.05) is 6.92 Å². The Balaban J connectivity index is 2.57. The number of ether oxygens (including phenoxy) is 1. The third-order valence-electron chi connectivity index (χ3n) is 1.92. The topological polar surface area (TPSA) is 54.4 Å². The molecule has 0 saturated heterocycles. The van der Waals surface area contributed by atoms with E-state index in [2.05, 4.69) is 10.3 Å². The molecule has 1 unspecified atom stereocenters. The average molecular weight is 196 g/mol. The fraction of sp³-hybridized carbons (Fsp3) is 0.500. The van der Waals surface area contributed by atoms with Crippen LogP contribution in [0.25, 0.3) is 0 Å². The van der Waals surface area contributed by atoms with Crippen molar-refractivity contribution in [3.8, 4) is 5.75 Å². The van der Waals surface area contributed by atoms with Crippen LogP contribution in [-0.2, 0) is 0 Å². The molecule has 0 amide bonds. The summed E-state index contributed by atoms with van der Waals surface area (Å²) in [5.74, 6) is 1.65. The minimum atomic E-state index is 0.169. The molecule has 78 valence electrons. The zero-order valence-electron chi connectivity index (χ0n) is 8.53. The lowest BCUT2D eigenvalue weighted by molar-refractivity contribution is 0.244. The Hall–Kier alpha value is -1.29. The summed E-state index contributed by atoms with van der Waals surface area (Å²) < 4.78 is 5.12. The highest BCUT2D eigenvalue weighted by Gasteiger charge is 2.04. The van der Waals surface area contributed by atoms with Gasteiger partial charge in [-0.05, 0) is 18.1 Å². The number of methoxy groups -OCH3 is 1. The number of pyridine rings is 1. The molecule has 1 aromatic rings. The molecule has 0 spiro atoms. The fourth-order valence-corrected chi connectivity index (χ4v) is 1.02. The lowest BCUT2D eigenvalue weighted by atomic mass is 10.2.